The standard InChI is InChI=1S/C22H25Br2N3O/c23-18-15-17-7-8-21(28)27(22(17)20(24)16-18)10-4-9-25-11-13-26(14-12-25)19-5-2-1-3-6-19/h1-3,5-6,15-16H,4,7-14H2. The fourth-order valence-corrected chi connectivity index (χ4v) is 5.70. The highest BCUT2D eigenvalue weighted by Gasteiger charge is 2.26. The lowest BCUT2D eigenvalue weighted by Gasteiger charge is -2.37. The third kappa shape index (κ3) is 4.44. The van der Waals surface area contributed by atoms with Crippen molar-refractivity contribution in [1.82, 2.24) is 4.90 Å². The first-order chi connectivity index (χ1) is 13.6. The zero-order chi connectivity index (χ0) is 19.5. The van der Waals surface area contributed by atoms with Crippen LogP contribution in [-0.4, -0.2) is 50.1 Å². The van der Waals surface area contributed by atoms with E-state index in [4.69, 9.17) is 0 Å². The first-order valence-corrected chi connectivity index (χ1v) is 11.5. The lowest BCUT2D eigenvalue weighted by Crippen LogP contribution is -2.47. The Hall–Kier alpha value is -1.37. The molecule has 2 aromatic carbocycles. The lowest BCUT2D eigenvalue weighted by molar-refractivity contribution is -0.118. The van der Waals surface area contributed by atoms with E-state index in [1.165, 1.54) is 11.3 Å². The number of para-hydroxylation sites is 1. The molecule has 0 radical (unpaired) electrons. The molecule has 0 unspecified atom stereocenters. The maximum absolute atomic E-state index is 12.5. The molecule has 2 aliphatic heterocycles. The molecule has 0 aliphatic carbocycles. The Bertz CT molecular complexity index is 835. The number of hydrogen-bond acceptors (Lipinski definition) is 3. The predicted molar refractivity (Wildman–Crippen MR) is 122 cm³/mol. The second kappa shape index (κ2) is 8.97. The van der Waals surface area contributed by atoms with Gasteiger partial charge in [-0.05, 0) is 65.1 Å². The molecule has 4 nitrogen and oxygen atoms in total. The van der Waals surface area contributed by atoms with Crippen molar-refractivity contribution in [1.29, 1.82) is 0 Å². The minimum atomic E-state index is 0.240. The van der Waals surface area contributed by atoms with E-state index in [1.54, 1.807) is 0 Å². The van der Waals surface area contributed by atoms with Gasteiger partial charge in [0.15, 0.2) is 0 Å². The van der Waals surface area contributed by atoms with Crippen molar-refractivity contribution < 1.29 is 4.79 Å². The summed E-state index contributed by atoms with van der Waals surface area (Å²) in [4.78, 5) is 19.5. The third-order valence-electron chi connectivity index (χ3n) is 5.64. The van der Waals surface area contributed by atoms with Gasteiger partial charge in [0.05, 0.1) is 5.69 Å². The van der Waals surface area contributed by atoms with Crippen LogP contribution in [0.1, 0.15) is 18.4 Å². The highest BCUT2D eigenvalue weighted by molar-refractivity contribution is 9.11. The molecule has 0 N–H and O–H groups in total. The lowest BCUT2D eigenvalue weighted by atomic mass is 10.0. The van der Waals surface area contributed by atoms with Gasteiger partial charge in [-0.3, -0.25) is 9.69 Å². The van der Waals surface area contributed by atoms with Crippen molar-refractivity contribution in [3.63, 3.8) is 0 Å². The largest absolute Gasteiger partial charge is 0.369 e. The zero-order valence-corrected chi connectivity index (χ0v) is 19.1. The van der Waals surface area contributed by atoms with E-state index in [9.17, 15) is 4.79 Å². The molecule has 1 fully saturated rings. The number of carbonyl (C=O) groups is 1. The number of anilines is 2. The molecular formula is C22H25Br2N3O. The van der Waals surface area contributed by atoms with Gasteiger partial charge in [0.1, 0.15) is 0 Å². The van der Waals surface area contributed by atoms with Crippen LogP contribution in [0.3, 0.4) is 0 Å². The molecule has 1 saturated heterocycles. The number of nitrogens with zero attached hydrogens (tertiary/aromatic N) is 3. The molecule has 0 aromatic heterocycles. The average molecular weight is 507 g/mol. The van der Waals surface area contributed by atoms with Gasteiger partial charge in [0.25, 0.3) is 0 Å². The minimum absolute atomic E-state index is 0.240. The summed E-state index contributed by atoms with van der Waals surface area (Å²) in [5, 5.41) is 0. The normalized spacial score (nSPS) is 17.7. The van der Waals surface area contributed by atoms with E-state index in [2.05, 4.69) is 78.1 Å². The summed E-state index contributed by atoms with van der Waals surface area (Å²) in [7, 11) is 0. The quantitative estimate of drug-likeness (QED) is 0.587. The Morgan fingerprint density at radius 2 is 1.64 bits per heavy atom. The summed E-state index contributed by atoms with van der Waals surface area (Å²) in [5.41, 5.74) is 3.62. The van der Waals surface area contributed by atoms with Crippen LogP contribution >= 0.6 is 31.9 Å². The van der Waals surface area contributed by atoms with Crippen molar-refractivity contribution in [2.24, 2.45) is 0 Å². The SMILES string of the molecule is O=C1CCc2cc(Br)cc(Br)c2N1CCCN1CCN(c2ccccc2)CC1. The Labute approximate surface area is 183 Å². The highest BCUT2D eigenvalue weighted by atomic mass is 79.9. The number of aryl methyl sites for hydroxylation is 1. The van der Waals surface area contributed by atoms with E-state index in [1.807, 2.05) is 11.0 Å². The Kier molecular flexibility index (Phi) is 6.38. The van der Waals surface area contributed by atoms with Gasteiger partial charge in [0.2, 0.25) is 5.91 Å². The van der Waals surface area contributed by atoms with Gasteiger partial charge in [0, 0.05) is 53.8 Å². The van der Waals surface area contributed by atoms with Gasteiger partial charge >= 0.3 is 0 Å². The first kappa shape index (κ1) is 19.9. The molecule has 2 aliphatic rings. The van der Waals surface area contributed by atoms with Gasteiger partial charge < -0.3 is 9.80 Å². The van der Waals surface area contributed by atoms with Crippen LogP contribution < -0.4 is 9.80 Å². The summed E-state index contributed by atoms with van der Waals surface area (Å²) in [5.74, 6) is 0.240. The molecule has 2 aromatic rings. The minimum Gasteiger partial charge on any atom is -0.369 e. The zero-order valence-electron chi connectivity index (χ0n) is 15.9. The maximum Gasteiger partial charge on any atom is 0.227 e. The summed E-state index contributed by atoms with van der Waals surface area (Å²) in [6.45, 7) is 6.11. The fraction of sp³-hybridized carbons (Fsp3) is 0.409. The summed E-state index contributed by atoms with van der Waals surface area (Å²) in [6, 6.07) is 14.8. The Morgan fingerprint density at radius 3 is 2.39 bits per heavy atom. The van der Waals surface area contributed by atoms with E-state index in [0.29, 0.717) is 6.42 Å². The van der Waals surface area contributed by atoms with Gasteiger partial charge in [-0.2, -0.15) is 0 Å². The summed E-state index contributed by atoms with van der Waals surface area (Å²) >= 11 is 7.22. The molecule has 28 heavy (non-hydrogen) atoms. The molecular weight excluding hydrogens is 482 g/mol. The van der Waals surface area contributed by atoms with Crippen LogP contribution in [0.5, 0.6) is 0 Å². The number of hydrogen-bond donors (Lipinski definition) is 0. The molecule has 4 rings (SSSR count). The van der Waals surface area contributed by atoms with Crippen LogP contribution in [0.25, 0.3) is 0 Å². The second-order valence-corrected chi connectivity index (χ2v) is 9.23. The molecule has 0 bridgehead atoms. The van der Waals surface area contributed by atoms with Crippen LogP contribution in [0, 0.1) is 0 Å². The van der Waals surface area contributed by atoms with Crippen LogP contribution in [0.4, 0.5) is 11.4 Å². The van der Waals surface area contributed by atoms with Crippen molar-refractivity contribution in [3.8, 4) is 0 Å². The van der Waals surface area contributed by atoms with Crippen molar-refractivity contribution in [2.75, 3.05) is 49.1 Å². The van der Waals surface area contributed by atoms with Crippen LogP contribution in [-0.2, 0) is 11.2 Å². The molecule has 148 valence electrons. The number of amides is 1. The predicted octanol–water partition coefficient (Wildman–Crippen LogP) is 4.70. The number of carbonyl (C=O) groups excluding carboxylic acids is 1. The number of rotatable bonds is 5. The topological polar surface area (TPSA) is 26.8 Å². The monoisotopic (exact) mass is 505 g/mol. The summed E-state index contributed by atoms with van der Waals surface area (Å²) in [6.07, 6.45) is 2.43. The number of benzene rings is 2. The molecule has 0 spiro atoms. The van der Waals surface area contributed by atoms with Gasteiger partial charge in [-0.1, -0.05) is 34.1 Å². The van der Waals surface area contributed by atoms with Crippen molar-refractivity contribution in [3.05, 3.63) is 57.0 Å². The van der Waals surface area contributed by atoms with Crippen LogP contribution in [0.15, 0.2) is 51.4 Å². The fourth-order valence-electron chi connectivity index (χ4n) is 4.17. The average Bonchev–Trinajstić information content (AvgIpc) is 2.71. The van der Waals surface area contributed by atoms with E-state index in [0.717, 1.165) is 66.7 Å². The number of fused-ring (bicyclic) bond motifs is 1. The number of piperazine rings is 1. The molecule has 0 saturated carbocycles. The molecule has 0 atom stereocenters. The van der Waals surface area contributed by atoms with Crippen molar-refractivity contribution >= 4 is 49.1 Å². The smallest absolute Gasteiger partial charge is 0.227 e. The van der Waals surface area contributed by atoms with E-state index >= 15 is 0 Å². The first-order valence-electron chi connectivity index (χ1n) is 9.92. The maximum atomic E-state index is 12.5. The van der Waals surface area contributed by atoms with Crippen molar-refractivity contribution in [2.45, 2.75) is 19.3 Å². The Morgan fingerprint density at radius 1 is 0.893 bits per heavy atom. The van der Waals surface area contributed by atoms with Crippen LogP contribution in [0.2, 0.25) is 0 Å². The van der Waals surface area contributed by atoms with Gasteiger partial charge in [-0.25, -0.2) is 0 Å². The molecule has 6 heteroatoms. The molecule has 1 amide bonds. The number of halogens is 2. The summed E-state index contributed by atoms with van der Waals surface area (Å²) < 4.78 is 2.06. The van der Waals surface area contributed by atoms with E-state index in [-0.39, 0.29) is 5.91 Å². The second-order valence-electron chi connectivity index (χ2n) is 7.46. The third-order valence-corrected chi connectivity index (χ3v) is 6.70. The van der Waals surface area contributed by atoms with Gasteiger partial charge in [-0.15, -0.1) is 0 Å². The van der Waals surface area contributed by atoms with E-state index < -0.39 is 0 Å². The highest BCUT2D eigenvalue weighted by Crippen LogP contribution is 2.37. The molecule has 2 heterocycles. The Balaban J connectivity index is 1.31.